The van der Waals surface area contributed by atoms with Crippen LogP contribution in [0.4, 0.5) is 17.6 Å². The summed E-state index contributed by atoms with van der Waals surface area (Å²) in [5.74, 6) is 1.70. The topological polar surface area (TPSA) is 99.1 Å². The van der Waals surface area contributed by atoms with Crippen LogP contribution in [-0.4, -0.2) is 29.7 Å². The predicted octanol–water partition coefficient (Wildman–Crippen LogP) is 0.726. The van der Waals surface area contributed by atoms with Crippen LogP contribution in [-0.2, 0) is 4.74 Å². The standard InChI is InChI=1S/C10H19N5O/c1-7(2)6-16-4-3-13-9-5-8(11)14-10(12)15-9/h5,7H,3-4,6H2,1-2H3,(H5,11,12,13,14,15). The SMILES string of the molecule is CC(C)COCCNc1cc(N)nc(N)n1. The lowest BCUT2D eigenvalue weighted by atomic mass is 10.2. The Morgan fingerprint density at radius 1 is 1.38 bits per heavy atom. The van der Waals surface area contributed by atoms with Crippen molar-refractivity contribution >= 4 is 17.6 Å². The van der Waals surface area contributed by atoms with Gasteiger partial charge in [-0.15, -0.1) is 0 Å². The van der Waals surface area contributed by atoms with Gasteiger partial charge in [0.05, 0.1) is 6.61 Å². The highest BCUT2D eigenvalue weighted by atomic mass is 16.5. The van der Waals surface area contributed by atoms with Crippen LogP contribution in [0.2, 0.25) is 0 Å². The summed E-state index contributed by atoms with van der Waals surface area (Å²) in [5.41, 5.74) is 11.0. The summed E-state index contributed by atoms with van der Waals surface area (Å²) < 4.78 is 5.41. The molecule has 0 aliphatic rings. The Morgan fingerprint density at radius 2 is 2.12 bits per heavy atom. The molecule has 0 unspecified atom stereocenters. The van der Waals surface area contributed by atoms with Gasteiger partial charge in [-0.2, -0.15) is 9.97 Å². The van der Waals surface area contributed by atoms with Crippen LogP contribution in [0.1, 0.15) is 13.8 Å². The number of anilines is 3. The van der Waals surface area contributed by atoms with Gasteiger partial charge in [0.2, 0.25) is 5.95 Å². The van der Waals surface area contributed by atoms with E-state index >= 15 is 0 Å². The Morgan fingerprint density at radius 3 is 2.75 bits per heavy atom. The minimum atomic E-state index is 0.172. The fraction of sp³-hybridized carbons (Fsp3) is 0.600. The third-order valence-electron chi connectivity index (χ3n) is 1.77. The van der Waals surface area contributed by atoms with Gasteiger partial charge in [0, 0.05) is 19.2 Å². The lowest BCUT2D eigenvalue weighted by Crippen LogP contribution is -2.13. The Hall–Kier alpha value is -1.56. The van der Waals surface area contributed by atoms with Crippen molar-refractivity contribution in [3.63, 3.8) is 0 Å². The summed E-state index contributed by atoms with van der Waals surface area (Å²) >= 11 is 0. The van der Waals surface area contributed by atoms with E-state index in [0.717, 1.165) is 6.61 Å². The van der Waals surface area contributed by atoms with E-state index in [9.17, 15) is 0 Å². The van der Waals surface area contributed by atoms with Crippen LogP contribution >= 0.6 is 0 Å². The van der Waals surface area contributed by atoms with E-state index in [-0.39, 0.29) is 5.95 Å². The first-order valence-electron chi connectivity index (χ1n) is 5.29. The zero-order valence-corrected chi connectivity index (χ0v) is 9.73. The predicted molar refractivity (Wildman–Crippen MR) is 65.0 cm³/mol. The molecule has 1 rings (SSSR count). The van der Waals surface area contributed by atoms with Crippen molar-refractivity contribution < 1.29 is 4.74 Å². The van der Waals surface area contributed by atoms with Crippen molar-refractivity contribution in [1.82, 2.24) is 9.97 Å². The first-order chi connectivity index (χ1) is 7.58. The number of nitrogens with one attached hydrogen (secondary N) is 1. The molecular weight excluding hydrogens is 206 g/mol. The highest BCUT2D eigenvalue weighted by Crippen LogP contribution is 2.08. The second kappa shape index (κ2) is 6.12. The van der Waals surface area contributed by atoms with E-state index in [1.165, 1.54) is 0 Å². The third-order valence-corrected chi connectivity index (χ3v) is 1.77. The molecule has 0 radical (unpaired) electrons. The fourth-order valence-corrected chi connectivity index (χ4v) is 1.15. The van der Waals surface area contributed by atoms with E-state index < -0.39 is 0 Å². The number of rotatable bonds is 6. The molecule has 90 valence electrons. The number of hydrogen-bond acceptors (Lipinski definition) is 6. The maximum Gasteiger partial charge on any atom is 0.223 e. The number of nitrogens with zero attached hydrogens (tertiary/aromatic N) is 2. The van der Waals surface area contributed by atoms with Crippen LogP contribution in [0, 0.1) is 5.92 Å². The molecule has 0 aliphatic carbocycles. The van der Waals surface area contributed by atoms with Crippen molar-refractivity contribution in [2.24, 2.45) is 5.92 Å². The van der Waals surface area contributed by atoms with Gasteiger partial charge in [0.25, 0.3) is 0 Å². The van der Waals surface area contributed by atoms with E-state index in [1.807, 2.05) is 0 Å². The first-order valence-corrected chi connectivity index (χ1v) is 5.29. The quantitative estimate of drug-likeness (QED) is 0.617. The van der Waals surface area contributed by atoms with Crippen LogP contribution in [0.25, 0.3) is 0 Å². The minimum Gasteiger partial charge on any atom is -0.383 e. The summed E-state index contributed by atoms with van der Waals surface area (Å²) in [5, 5.41) is 3.06. The maximum atomic E-state index is 5.53. The first kappa shape index (κ1) is 12.5. The monoisotopic (exact) mass is 225 g/mol. The molecule has 16 heavy (non-hydrogen) atoms. The van der Waals surface area contributed by atoms with Gasteiger partial charge in [-0.3, -0.25) is 0 Å². The molecule has 6 nitrogen and oxygen atoms in total. The van der Waals surface area contributed by atoms with Crippen LogP contribution in [0.5, 0.6) is 0 Å². The summed E-state index contributed by atoms with van der Waals surface area (Å²) in [7, 11) is 0. The molecule has 0 spiro atoms. The van der Waals surface area contributed by atoms with Crippen LogP contribution in [0.3, 0.4) is 0 Å². The molecule has 5 N–H and O–H groups in total. The van der Waals surface area contributed by atoms with E-state index in [4.69, 9.17) is 16.2 Å². The molecule has 0 aromatic carbocycles. The zero-order valence-electron chi connectivity index (χ0n) is 9.73. The largest absolute Gasteiger partial charge is 0.383 e. The molecule has 1 aromatic rings. The normalized spacial score (nSPS) is 10.7. The Labute approximate surface area is 95.4 Å². The van der Waals surface area contributed by atoms with Crippen LogP contribution in [0.15, 0.2) is 6.07 Å². The molecule has 0 saturated carbocycles. The van der Waals surface area contributed by atoms with Crippen LogP contribution < -0.4 is 16.8 Å². The van der Waals surface area contributed by atoms with Gasteiger partial charge in [0.1, 0.15) is 11.6 Å². The minimum absolute atomic E-state index is 0.172. The number of hydrogen-bond donors (Lipinski definition) is 3. The van der Waals surface area contributed by atoms with Gasteiger partial charge in [-0.25, -0.2) is 0 Å². The van der Waals surface area contributed by atoms with Gasteiger partial charge in [-0.1, -0.05) is 13.8 Å². The molecule has 6 heteroatoms. The average Bonchev–Trinajstić information content (AvgIpc) is 2.15. The van der Waals surface area contributed by atoms with E-state index in [1.54, 1.807) is 6.07 Å². The molecule has 0 bridgehead atoms. The molecule has 0 aliphatic heterocycles. The summed E-state index contributed by atoms with van der Waals surface area (Å²) in [6.07, 6.45) is 0. The molecule has 1 aromatic heterocycles. The molecule has 1 heterocycles. The Kier molecular flexibility index (Phi) is 4.78. The van der Waals surface area contributed by atoms with Gasteiger partial charge >= 0.3 is 0 Å². The zero-order chi connectivity index (χ0) is 12.0. The number of aromatic nitrogens is 2. The highest BCUT2D eigenvalue weighted by molar-refractivity contribution is 5.48. The maximum absolute atomic E-state index is 5.53. The second-order valence-corrected chi connectivity index (χ2v) is 3.93. The lowest BCUT2D eigenvalue weighted by Gasteiger charge is -2.08. The highest BCUT2D eigenvalue weighted by Gasteiger charge is 1.99. The lowest BCUT2D eigenvalue weighted by molar-refractivity contribution is 0.118. The Balaban J connectivity index is 2.26. The van der Waals surface area contributed by atoms with E-state index in [0.29, 0.717) is 30.7 Å². The second-order valence-electron chi connectivity index (χ2n) is 3.93. The summed E-state index contributed by atoms with van der Waals surface area (Å²) in [4.78, 5) is 7.76. The van der Waals surface area contributed by atoms with Gasteiger partial charge < -0.3 is 21.5 Å². The van der Waals surface area contributed by atoms with Crippen molar-refractivity contribution in [2.45, 2.75) is 13.8 Å². The van der Waals surface area contributed by atoms with Crippen molar-refractivity contribution in [3.8, 4) is 0 Å². The third kappa shape index (κ3) is 4.79. The summed E-state index contributed by atoms with van der Waals surface area (Å²) in [6.45, 7) is 6.28. The Bertz CT molecular complexity index is 309. The molecule has 0 saturated heterocycles. The summed E-state index contributed by atoms with van der Waals surface area (Å²) in [6, 6.07) is 1.64. The van der Waals surface area contributed by atoms with Crippen molar-refractivity contribution in [1.29, 1.82) is 0 Å². The van der Waals surface area contributed by atoms with Gasteiger partial charge in [0.15, 0.2) is 0 Å². The number of nitrogens with two attached hydrogens (primary N) is 2. The molecule has 0 fully saturated rings. The average molecular weight is 225 g/mol. The number of nitrogen functional groups attached to an aromatic ring is 2. The fourth-order valence-electron chi connectivity index (χ4n) is 1.15. The molecular formula is C10H19N5O. The van der Waals surface area contributed by atoms with E-state index in [2.05, 4.69) is 29.1 Å². The van der Waals surface area contributed by atoms with Crippen molar-refractivity contribution in [3.05, 3.63) is 6.07 Å². The molecule has 0 atom stereocenters. The van der Waals surface area contributed by atoms with Crippen molar-refractivity contribution in [2.75, 3.05) is 36.5 Å². The smallest absolute Gasteiger partial charge is 0.223 e. The number of ether oxygens (including phenoxy) is 1. The van der Waals surface area contributed by atoms with Gasteiger partial charge in [-0.05, 0) is 5.92 Å². The molecule has 0 amide bonds.